The maximum absolute atomic E-state index is 12.5. The van der Waals surface area contributed by atoms with Crippen LogP contribution in [0.5, 0.6) is 11.5 Å². The van der Waals surface area contributed by atoms with Gasteiger partial charge in [0.05, 0.1) is 50.7 Å². The van der Waals surface area contributed by atoms with Crippen molar-refractivity contribution in [3.05, 3.63) is 107 Å². The molecule has 0 aliphatic rings. The fraction of sp³-hybridized carbons (Fsp3) is 0.294. The molecule has 44 heavy (non-hydrogen) atoms. The van der Waals surface area contributed by atoms with E-state index in [4.69, 9.17) is 23.4 Å². The normalized spacial score (nSPS) is 11.1. The van der Waals surface area contributed by atoms with Gasteiger partial charge in [0, 0.05) is 29.5 Å². The summed E-state index contributed by atoms with van der Waals surface area (Å²) in [6.07, 6.45) is 5.42. The number of nitrogens with zero attached hydrogens (tertiary/aromatic N) is 3. The summed E-state index contributed by atoms with van der Waals surface area (Å²) >= 11 is 0. The van der Waals surface area contributed by atoms with E-state index in [2.05, 4.69) is 10.3 Å². The fourth-order valence-corrected chi connectivity index (χ4v) is 4.47. The van der Waals surface area contributed by atoms with Crippen LogP contribution in [-0.2, 0) is 22.4 Å². The highest BCUT2D eigenvalue weighted by molar-refractivity contribution is 5.80. The first-order chi connectivity index (χ1) is 21.7. The van der Waals surface area contributed by atoms with Gasteiger partial charge in [-0.2, -0.15) is 0 Å². The second kappa shape index (κ2) is 16.2. The van der Waals surface area contributed by atoms with Gasteiger partial charge in [-0.15, -0.1) is 5.10 Å². The SMILES string of the molecule is O=Cc1ccc(OCCCCc2cn(CCOCCOCCOc3ccc4c(=O)cc(-c5ccccc5)oc4c3)nn2)cc1. The summed E-state index contributed by atoms with van der Waals surface area (Å²) < 4.78 is 30.5. The summed E-state index contributed by atoms with van der Waals surface area (Å²) in [5.41, 5.74) is 2.80. The molecule has 0 fully saturated rings. The minimum Gasteiger partial charge on any atom is -0.494 e. The standard InChI is InChI=1S/C34H35N3O7/c38-25-26-9-11-29(12-10-26)42-16-5-4-8-28-24-37(36-35-28)15-17-40-18-19-41-20-21-43-30-13-14-31-32(39)23-33(44-34(31)22-30)27-6-2-1-3-7-27/h1-3,6-7,9-14,22-25H,4-5,8,15-21H2. The summed E-state index contributed by atoms with van der Waals surface area (Å²) in [5.74, 6) is 1.89. The van der Waals surface area contributed by atoms with Gasteiger partial charge in [0.15, 0.2) is 5.43 Å². The lowest BCUT2D eigenvalue weighted by Crippen LogP contribution is -2.13. The van der Waals surface area contributed by atoms with E-state index in [1.807, 2.05) is 36.5 Å². The van der Waals surface area contributed by atoms with Crippen molar-refractivity contribution in [2.75, 3.05) is 39.6 Å². The zero-order valence-electron chi connectivity index (χ0n) is 24.4. The quantitative estimate of drug-likeness (QED) is 0.0970. The van der Waals surface area contributed by atoms with E-state index in [-0.39, 0.29) is 5.43 Å². The number of aryl methyl sites for hydroxylation is 1. The maximum atomic E-state index is 12.5. The third-order valence-corrected chi connectivity index (χ3v) is 6.79. The summed E-state index contributed by atoms with van der Waals surface area (Å²) in [6.45, 7) is 3.39. The Morgan fingerprint density at radius 3 is 2.34 bits per heavy atom. The third-order valence-electron chi connectivity index (χ3n) is 6.79. The first-order valence-electron chi connectivity index (χ1n) is 14.7. The van der Waals surface area contributed by atoms with Crippen molar-refractivity contribution in [2.24, 2.45) is 0 Å². The van der Waals surface area contributed by atoms with Gasteiger partial charge >= 0.3 is 0 Å². The molecule has 0 amide bonds. The van der Waals surface area contributed by atoms with Crippen LogP contribution in [0.25, 0.3) is 22.3 Å². The third kappa shape index (κ3) is 9.10. The first kappa shape index (κ1) is 30.7. The highest BCUT2D eigenvalue weighted by atomic mass is 16.5. The Kier molecular flexibility index (Phi) is 11.3. The summed E-state index contributed by atoms with van der Waals surface area (Å²) in [7, 11) is 0. The zero-order chi connectivity index (χ0) is 30.4. The van der Waals surface area contributed by atoms with Crippen LogP contribution in [0.2, 0.25) is 0 Å². The Labute approximate surface area is 255 Å². The van der Waals surface area contributed by atoms with Crippen LogP contribution < -0.4 is 14.9 Å². The number of carbonyl (C=O) groups excluding carboxylic acids is 1. The molecule has 0 N–H and O–H groups in total. The molecule has 5 aromatic rings. The number of rotatable bonds is 18. The molecule has 0 atom stereocenters. The lowest BCUT2D eigenvalue weighted by molar-refractivity contribution is 0.0333. The van der Waals surface area contributed by atoms with Gasteiger partial charge in [-0.25, -0.2) is 4.68 Å². The van der Waals surface area contributed by atoms with Gasteiger partial charge in [0.25, 0.3) is 0 Å². The Morgan fingerprint density at radius 1 is 0.773 bits per heavy atom. The molecule has 0 radical (unpaired) electrons. The lowest BCUT2D eigenvalue weighted by Gasteiger charge is -2.09. The Balaban J connectivity index is 0.912. The number of ether oxygens (including phenoxy) is 4. The van der Waals surface area contributed by atoms with E-state index in [1.54, 1.807) is 47.1 Å². The topological polar surface area (TPSA) is 115 Å². The van der Waals surface area contributed by atoms with Gasteiger partial charge in [0.2, 0.25) is 0 Å². The van der Waals surface area contributed by atoms with Crippen molar-refractivity contribution in [1.29, 1.82) is 0 Å². The second-order valence-electron chi connectivity index (χ2n) is 10.0. The van der Waals surface area contributed by atoms with Gasteiger partial charge < -0.3 is 23.4 Å². The molecular formula is C34H35N3O7. The molecule has 3 aromatic carbocycles. The van der Waals surface area contributed by atoms with Crippen molar-refractivity contribution in [1.82, 2.24) is 15.0 Å². The van der Waals surface area contributed by atoms with Crippen molar-refractivity contribution in [2.45, 2.75) is 25.8 Å². The van der Waals surface area contributed by atoms with Crippen LogP contribution in [0.3, 0.4) is 0 Å². The van der Waals surface area contributed by atoms with Crippen LogP contribution in [0.4, 0.5) is 0 Å². The number of benzene rings is 3. The summed E-state index contributed by atoms with van der Waals surface area (Å²) in [5, 5.41) is 8.90. The number of hydrogen-bond donors (Lipinski definition) is 0. The van der Waals surface area contributed by atoms with Crippen molar-refractivity contribution < 1.29 is 28.2 Å². The van der Waals surface area contributed by atoms with Crippen LogP contribution in [0, 0.1) is 0 Å². The number of fused-ring (bicyclic) bond motifs is 1. The van der Waals surface area contributed by atoms with Crippen LogP contribution in [-0.4, -0.2) is 60.9 Å². The van der Waals surface area contributed by atoms with Gasteiger partial charge in [-0.05, 0) is 55.7 Å². The average molecular weight is 598 g/mol. The van der Waals surface area contributed by atoms with E-state index in [1.165, 1.54) is 6.07 Å². The molecule has 10 nitrogen and oxygen atoms in total. The van der Waals surface area contributed by atoms with E-state index in [0.717, 1.165) is 42.6 Å². The molecule has 0 aliphatic carbocycles. The number of carbonyl (C=O) groups is 1. The van der Waals surface area contributed by atoms with Crippen molar-refractivity contribution in [3.63, 3.8) is 0 Å². The molecule has 0 aliphatic heterocycles. The second-order valence-corrected chi connectivity index (χ2v) is 10.0. The molecule has 0 spiro atoms. The molecular weight excluding hydrogens is 562 g/mol. The number of unbranched alkanes of at least 4 members (excludes halogenated alkanes) is 1. The predicted octanol–water partition coefficient (Wildman–Crippen LogP) is 5.38. The van der Waals surface area contributed by atoms with Crippen LogP contribution in [0.1, 0.15) is 28.9 Å². The summed E-state index contributed by atoms with van der Waals surface area (Å²) in [6, 6.07) is 23.3. The van der Waals surface area contributed by atoms with E-state index in [0.29, 0.717) is 74.2 Å². The zero-order valence-corrected chi connectivity index (χ0v) is 24.4. The first-order valence-corrected chi connectivity index (χ1v) is 14.7. The maximum Gasteiger partial charge on any atom is 0.193 e. The number of aldehydes is 1. The van der Waals surface area contributed by atoms with E-state index >= 15 is 0 Å². The molecule has 0 bridgehead atoms. The number of hydrogen-bond acceptors (Lipinski definition) is 9. The fourth-order valence-electron chi connectivity index (χ4n) is 4.47. The highest BCUT2D eigenvalue weighted by Crippen LogP contribution is 2.24. The predicted molar refractivity (Wildman–Crippen MR) is 165 cm³/mol. The molecule has 5 rings (SSSR count). The summed E-state index contributed by atoms with van der Waals surface area (Å²) in [4.78, 5) is 23.2. The van der Waals surface area contributed by atoms with Crippen LogP contribution in [0.15, 0.2) is 94.3 Å². The molecule has 0 unspecified atom stereocenters. The highest BCUT2D eigenvalue weighted by Gasteiger charge is 2.08. The Morgan fingerprint density at radius 2 is 1.52 bits per heavy atom. The Bertz CT molecular complexity index is 1670. The monoisotopic (exact) mass is 597 g/mol. The molecule has 228 valence electrons. The molecule has 0 saturated heterocycles. The van der Waals surface area contributed by atoms with Crippen molar-refractivity contribution in [3.8, 4) is 22.8 Å². The van der Waals surface area contributed by atoms with Gasteiger partial charge in [0.1, 0.15) is 35.7 Å². The Hall–Kier alpha value is -4.80. The molecule has 2 aromatic heterocycles. The van der Waals surface area contributed by atoms with Crippen LogP contribution >= 0.6 is 0 Å². The van der Waals surface area contributed by atoms with E-state index in [9.17, 15) is 9.59 Å². The van der Waals surface area contributed by atoms with Gasteiger partial charge in [-0.1, -0.05) is 35.5 Å². The van der Waals surface area contributed by atoms with Gasteiger partial charge in [-0.3, -0.25) is 9.59 Å². The number of aromatic nitrogens is 3. The minimum absolute atomic E-state index is 0.0948. The van der Waals surface area contributed by atoms with Crippen molar-refractivity contribution >= 4 is 17.3 Å². The minimum atomic E-state index is -0.0948. The smallest absolute Gasteiger partial charge is 0.193 e. The molecule has 2 heterocycles. The lowest BCUT2D eigenvalue weighted by atomic mass is 10.1. The van der Waals surface area contributed by atoms with E-state index < -0.39 is 0 Å². The molecule has 0 saturated carbocycles. The molecule has 10 heteroatoms. The average Bonchev–Trinajstić information content (AvgIpc) is 3.51. The largest absolute Gasteiger partial charge is 0.494 e.